The first-order chi connectivity index (χ1) is 59.3. The molecule has 4 aliphatic rings. The van der Waals surface area contributed by atoms with Crippen LogP contribution in [0.1, 0.15) is 151 Å². The maximum absolute atomic E-state index is 14.2. The zero-order chi connectivity index (χ0) is 87.0. The number of rotatable bonds is 20. The minimum Gasteiger partial charge on any atom is -0.364 e. The number of aryl methyl sites for hydroxylation is 1. The Morgan fingerprint density at radius 3 is 1.08 bits per heavy atom. The number of anilines is 4. The molecule has 12 aromatic rings. The van der Waals surface area contributed by atoms with Crippen LogP contribution in [0, 0.1) is 66.2 Å². The summed E-state index contributed by atoms with van der Waals surface area (Å²) in [7, 11) is 0. The van der Waals surface area contributed by atoms with Gasteiger partial charge in [0.05, 0.1) is 119 Å². The van der Waals surface area contributed by atoms with Crippen LogP contribution in [0.15, 0.2) is 218 Å². The molecule has 30 heteroatoms. The summed E-state index contributed by atoms with van der Waals surface area (Å²) in [4.78, 5) is 113. The molecule has 0 saturated carbocycles. The SMILES string of the molecule is CC1=C(c2cnc(CC(=O)c3c(F)cccc3F)cn2)CN(c2ccncc2F)CC1.CC1=C(c2cnc(CC(=O)c3cc(F)ccc3F)cn2)CN(c2ncccc2F)CC1.CC1=C(c2cnc(CC(=O)c3cccc(F)c3C)cn2)CN(c2ncccc2F)CC1.CC1=C(c2cnc(CC(=O)c3cnccc3C)cn2)CN(c2ncccc2F)CC1. The van der Waals surface area contributed by atoms with Crippen molar-refractivity contribution in [2.75, 3.05) is 72.0 Å². The molecular weight excluding hydrogens is 1590 g/mol. The van der Waals surface area contributed by atoms with Crippen molar-refractivity contribution in [3.05, 3.63) is 350 Å². The van der Waals surface area contributed by atoms with Crippen LogP contribution in [0.3, 0.4) is 0 Å². The Balaban J connectivity index is 0.000000141. The Labute approximate surface area is 703 Å². The van der Waals surface area contributed by atoms with Gasteiger partial charge in [0.2, 0.25) is 0 Å². The predicted molar refractivity (Wildman–Crippen MR) is 448 cm³/mol. The van der Waals surface area contributed by atoms with E-state index in [4.69, 9.17) is 0 Å². The third kappa shape index (κ3) is 21.4. The Morgan fingerprint density at radius 2 is 0.675 bits per heavy atom. The number of halogens is 9. The van der Waals surface area contributed by atoms with Crippen molar-refractivity contribution in [1.29, 1.82) is 0 Å². The van der Waals surface area contributed by atoms with Crippen LogP contribution in [-0.4, -0.2) is 140 Å². The number of hydrogen-bond acceptors (Lipinski definition) is 21. The molecule has 123 heavy (non-hydrogen) atoms. The molecule has 16 rings (SSSR count). The third-order valence-corrected chi connectivity index (χ3v) is 21.5. The van der Waals surface area contributed by atoms with Crippen molar-refractivity contribution < 1.29 is 58.7 Å². The Kier molecular flexibility index (Phi) is 28.1. The minimum atomic E-state index is -0.902. The Morgan fingerprint density at radius 1 is 0.309 bits per heavy atom. The van der Waals surface area contributed by atoms with Crippen molar-refractivity contribution >= 4 is 68.6 Å². The minimum absolute atomic E-state index is 0.0347. The molecule has 0 bridgehead atoms. The van der Waals surface area contributed by atoms with E-state index in [9.17, 15) is 58.7 Å². The molecule has 21 nitrogen and oxygen atoms in total. The summed E-state index contributed by atoms with van der Waals surface area (Å²) in [6, 6.07) is 22.9. The molecule has 0 aliphatic carbocycles. The summed E-state index contributed by atoms with van der Waals surface area (Å²) in [6.07, 6.45) is 26.0. The predicted octanol–water partition coefficient (Wildman–Crippen LogP) is 17.2. The molecule has 0 unspecified atom stereocenters. The highest BCUT2D eigenvalue weighted by Crippen LogP contribution is 2.35. The number of carbonyl (C=O) groups is 4. The van der Waals surface area contributed by atoms with Crippen LogP contribution in [-0.2, 0) is 25.7 Å². The van der Waals surface area contributed by atoms with Crippen LogP contribution in [0.25, 0.3) is 22.3 Å². The second kappa shape index (κ2) is 39.9. The van der Waals surface area contributed by atoms with Gasteiger partial charge in [-0.15, -0.1) is 0 Å². The number of Topliss-reactive ketones (excluding diaryl/α,β-unsaturated/α-hetero) is 4. The molecule has 0 atom stereocenters. The second-order valence-electron chi connectivity index (χ2n) is 29.8. The monoisotopic (exact) mass is 1670 g/mol. The average Bonchev–Trinajstić information content (AvgIpc) is 0.816. The highest BCUT2D eigenvalue weighted by Gasteiger charge is 2.29. The molecule has 0 fully saturated rings. The lowest BCUT2D eigenvalue weighted by Crippen LogP contribution is -2.32. The standard InChI is InChI=1S/C24H22F2N4O.2C23H19F3N4O.C23H22FN5O/c1-15-8-10-30(24-21(26)7-4-9-27-24)14-19(15)22-13-28-17(12-29-22)11-23(31)18-5-3-6-20(25)16(18)2;1-14-6-8-30(23-20(26)3-2-7-27-23)13-18(14)21-12-28-16(11-29-21)10-22(31)17-9-15(24)4-5-19(17)25;1-14-6-8-30(21-5-7-27-11-19(21)26)13-16(14)20-12-28-15(10-29-20)9-22(31)23-17(24)3-2-4-18(23)25;1-15-5-8-25-12-18(15)22(30)10-17-11-28-21(13-27-17)19-14-29(9-6-16(19)2)23-20(24)4-3-7-26-23/h3-7,9,12-13H,8,10-11,14H2,1-2H3;2-5,7,9,11-12H,6,8,10,13H2,1H3;2-5,7,10-12H,6,8-9,13H2,1H3;3-5,7-8,11-13H,6,9-10,14H2,1-2H3. The van der Waals surface area contributed by atoms with E-state index >= 15 is 0 Å². The number of aromatic nitrogens is 13. The van der Waals surface area contributed by atoms with Crippen molar-refractivity contribution in [2.24, 2.45) is 0 Å². The van der Waals surface area contributed by atoms with Gasteiger partial charge in [-0.05, 0) is 186 Å². The van der Waals surface area contributed by atoms with Crippen molar-refractivity contribution in [1.82, 2.24) is 64.8 Å². The zero-order valence-electron chi connectivity index (χ0n) is 67.9. The van der Waals surface area contributed by atoms with E-state index in [1.165, 1.54) is 72.3 Å². The van der Waals surface area contributed by atoms with Gasteiger partial charge in [-0.25, -0.2) is 54.5 Å². The van der Waals surface area contributed by atoms with Gasteiger partial charge in [0, 0.05) is 125 Å². The van der Waals surface area contributed by atoms with Gasteiger partial charge in [0.1, 0.15) is 29.1 Å². The van der Waals surface area contributed by atoms with Gasteiger partial charge in [-0.2, -0.15) is 0 Å². The van der Waals surface area contributed by atoms with Crippen LogP contribution >= 0.6 is 0 Å². The first kappa shape index (κ1) is 86.8. The van der Waals surface area contributed by atoms with Crippen molar-refractivity contribution in [2.45, 2.75) is 92.9 Å². The normalized spacial score (nSPS) is 14.1. The summed E-state index contributed by atoms with van der Waals surface area (Å²) in [5.74, 6) is -5.67. The number of ketones is 4. The van der Waals surface area contributed by atoms with E-state index in [0.717, 1.165) is 101 Å². The van der Waals surface area contributed by atoms with Crippen LogP contribution in [0.2, 0.25) is 0 Å². The van der Waals surface area contributed by atoms with Gasteiger partial charge in [0.15, 0.2) is 63.9 Å². The molecule has 0 amide bonds. The van der Waals surface area contributed by atoms with E-state index in [0.29, 0.717) is 132 Å². The third-order valence-electron chi connectivity index (χ3n) is 21.5. The quantitative estimate of drug-likeness (QED) is 0.0508. The first-order valence-electron chi connectivity index (χ1n) is 39.4. The maximum atomic E-state index is 14.2. The lowest BCUT2D eigenvalue weighted by atomic mass is 9.98. The highest BCUT2D eigenvalue weighted by molar-refractivity contribution is 6.00. The number of hydrogen-bond donors (Lipinski definition) is 0. The van der Waals surface area contributed by atoms with Gasteiger partial charge in [-0.1, -0.05) is 40.5 Å². The first-order valence-corrected chi connectivity index (χ1v) is 39.4. The molecule has 9 aromatic heterocycles. The number of carbonyl (C=O) groups excluding carboxylic acids is 4. The molecular formula is C93H82F9N17O4. The lowest BCUT2D eigenvalue weighted by Gasteiger charge is -2.31. The molecule has 0 radical (unpaired) electrons. The fourth-order valence-electron chi connectivity index (χ4n) is 14.4. The largest absolute Gasteiger partial charge is 0.364 e. The molecule has 4 aliphatic heterocycles. The molecule has 0 saturated heterocycles. The summed E-state index contributed by atoms with van der Waals surface area (Å²) in [5, 5.41) is 0. The highest BCUT2D eigenvalue weighted by atomic mass is 19.2. The van der Waals surface area contributed by atoms with Crippen molar-refractivity contribution in [3.8, 4) is 0 Å². The number of nitrogens with zero attached hydrogens (tertiary/aromatic N) is 17. The van der Waals surface area contributed by atoms with E-state index in [-0.39, 0.29) is 66.1 Å². The smallest absolute Gasteiger partial charge is 0.174 e. The van der Waals surface area contributed by atoms with Crippen LogP contribution in [0.5, 0.6) is 0 Å². The topological polar surface area (TPSA) is 249 Å². The maximum Gasteiger partial charge on any atom is 0.174 e. The van der Waals surface area contributed by atoms with E-state index < -0.39 is 46.2 Å². The van der Waals surface area contributed by atoms with Gasteiger partial charge in [-0.3, -0.25) is 69.0 Å². The van der Waals surface area contributed by atoms with Crippen LogP contribution in [0.4, 0.5) is 62.7 Å². The molecule has 0 N–H and O–H groups in total. The summed E-state index contributed by atoms with van der Waals surface area (Å²) >= 11 is 0. The number of pyridine rings is 5. The van der Waals surface area contributed by atoms with Crippen LogP contribution < -0.4 is 19.6 Å². The molecule has 626 valence electrons. The lowest BCUT2D eigenvalue weighted by molar-refractivity contribution is 0.0976. The Bertz CT molecular complexity index is 5900. The summed E-state index contributed by atoms with van der Waals surface area (Å²) < 4.78 is 125. The van der Waals surface area contributed by atoms with E-state index in [1.807, 2.05) is 53.4 Å². The van der Waals surface area contributed by atoms with Crippen molar-refractivity contribution in [3.63, 3.8) is 0 Å². The molecule has 0 spiro atoms. The average molecular weight is 1670 g/mol. The van der Waals surface area contributed by atoms with Gasteiger partial charge < -0.3 is 19.6 Å². The fraction of sp³-hybridized carbons (Fsp3) is 0.237. The molecule has 13 heterocycles. The second-order valence-corrected chi connectivity index (χ2v) is 29.8. The van der Waals surface area contributed by atoms with Gasteiger partial charge >= 0.3 is 0 Å². The fourth-order valence-corrected chi connectivity index (χ4v) is 14.4. The summed E-state index contributed by atoms with van der Waals surface area (Å²) in [5.41, 5.74) is 14.6. The van der Waals surface area contributed by atoms with E-state index in [1.54, 1.807) is 105 Å². The Hall–Kier alpha value is -14.1. The van der Waals surface area contributed by atoms with E-state index in [2.05, 4.69) is 71.7 Å². The zero-order valence-corrected chi connectivity index (χ0v) is 67.9. The number of benzene rings is 3. The van der Waals surface area contributed by atoms with Gasteiger partial charge in [0.25, 0.3) is 0 Å². The summed E-state index contributed by atoms with van der Waals surface area (Å²) in [6.45, 7) is 16.1. The molecule has 3 aromatic carbocycles.